The van der Waals surface area contributed by atoms with Crippen LogP contribution < -0.4 is 10.6 Å². The van der Waals surface area contributed by atoms with Gasteiger partial charge in [0.15, 0.2) is 0 Å². The first-order chi connectivity index (χ1) is 8.04. The molecule has 1 rings (SSSR count). The minimum Gasteiger partial charge on any atom is -0.370 e. The van der Waals surface area contributed by atoms with Gasteiger partial charge in [-0.1, -0.05) is 20.8 Å². The normalized spacial score (nSPS) is 10.7. The average Bonchev–Trinajstić information content (AvgIpc) is 2.27. The Morgan fingerprint density at radius 3 is 2.18 bits per heavy atom. The fourth-order valence-corrected chi connectivity index (χ4v) is 1.52. The molecule has 0 fully saturated rings. The molecule has 0 aliphatic carbocycles. The molecule has 0 saturated heterocycles. The Bertz CT molecular complexity index is 361. The lowest BCUT2D eigenvalue weighted by molar-refractivity contribution is 0.686. The number of nitrogens with zero attached hydrogens (tertiary/aromatic N) is 2. The van der Waals surface area contributed by atoms with Crippen molar-refractivity contribution in [1.82, 2.24) is 9.97 Å². The van der Waals surface area contributed by atoms with E-state index in [1.165, 1.54) is 0 Å². The Morgan fingerprint density at radius 2 is 1.65 bits per heavy atom. The van der Waals surface area contributed by atoms with Crippen molar-refractivity contribution in [2.45, 2.75) is 41.0 Å². The number of aryl methyl sites for hydroxylation is 1. The van der Waals surface area contributed by atoms with E-state index in [1.807, 2.05) is 6.92 Å². The summed E-state index contributed by atoms with van der Waals surface area (Å²) in [5.41, 5.74) is 1.10. The lowest BCUT2D eigenvalue weighted by atomic mass is 10.2. The van der Waals surface area contributed by atoms with Gasteiger partial charge in [0.1, 0.15) is 17.5 Å². The van der Waals surface area contributed by atoms with E-state index in [2.05, 4.69) is 48.3 Å². The van der Waals surface area contributed by atoms with Crippen LogP contribution in [0.25, 0.3) is 0 Å². The molecule has 17 heavy (non-hydrogen) atoms. The molecule has 4 heteroatoms. The van der Waals surface area contributed by atoms with Crippen molar-refractivity contribution >= 4 is 11.6 Å². The summed E-state index contributed by atoms with van der Waals surface area (Å²) >= 11 is 0. The van der Waals surface area contributed by atoms with Gasteiger partial charge in [-0.05, 0) is 26.2 Å². The molecule has 0 amide bonds. The van der Waals surface area contributed by atoms with E-state index in [0.717, 1.165) is 42.5 Å². The molecule has 1 aromatic heterocycles. The number of nitrogens with one attached hydrogen (secondary N) is 2. The standard InChI is InChI=1S/C13H24N4/c1-6-7-14-12-10(4)13(15-8-9(2)3)17-11(5)16-12/h9H,6-8H2,1-5H3,(H2,14,15,16,17). The molecule has 1 heterocycles. The monoisotopic (exact) mass is 236 g/mol. The van der Waals surface area contributed by atoms with E-state index in [1.54, 1.807) is 0 Å². The van der Waals surface area contributed by atoms with Crippen LogP contribution in [0.15, 0.2) is 0 Å². The van der Waals surface area contributed by atoms with Gasteiger partial charge >= 0.3 is 0 Å². The molecule has 0 atom stereocenters. The molecule has 0 aromatic carbocycles. The van der Waals surface area contributed by atoms with Gasteiger partial charge in [-0.15, -0.1) is 0 Å². The summed E-state index contributed by atoms with van der Waals surface area (Å²) in [5, 5.41) is 6.72. The molecular weight excluding hydrogens is 212 g/mol. The topological polar surface area (TPSA) is 49.8 Å². The van der Waals surface area contributed by atoms with Crippen LogP contribution in [0.4, 0.5) is 11.6 Å². The summed E-state index contributed by atoms with van der Waals surface area (Å²) in [6.07, 6.45) is 1.09. The van der Waals surface area contributed by atoms with Crippen LogP contribution in [0.5, 0.6) is 0 Å². The predicted octanol–water partition coefficient (Wildman–Crippen LogP) is 2.98. The maximum Gasteiger partial charge on any atom is 0.134 e. The van der Waals surface area contributed by atoms with E-state index in [-0.39, 0.29) is 0 Å². The number of hydrogen-bond acceptors (Lipinski definition) is 4. The highest BCUT2D eigenvalue weighted by atomic mass is 15.1. The molecule has 2 N–H and O–H groups in total. The Morgan fingerprint density at radius 1 is 1.06 bits per heavy atom. The van der Waals surface area contributed by atoms with Crippen molar-refractivity contribution in [2.75, 3.05) is 23.7 Å². The summed E-state index contributed by atoms with van der Waals surface area (Å²) in [6.45, 7) is 12.4. The summed E-state index contributed by atoms with van der Waals surface area (Å²) in [6, 6.07) is 0. The van der Waals surface area contributed by atoms with Crippen molar-refractivity contribution < 1.29 is 0 Å². The molecule has 1 aromatic rings. The van der Waals surface area contributed by atoms with Crippen molar-refractivity contribution in [3.63, 3.8) is 0 Å². The van der Waals surface area contributed by atoms with Gasteiger partial charge in [-0.2, -0.15) is 0 Å². The van der Waals surface area contributed by atoms with E-state index in [0.29, 0.717) is 5.92 Å². The quantitative estimate of drug-likeness (QED) is 0.797. The highest BCUT2D eigenvalue weighted by Gasteiger charge is 2.08. The van der Waals surface area contributed by atoms with Gasteiger partial charge in [0.25, 0.3) is 0 Å². The maximum atomic E-state index is 4.45. The lowest BCUT2D eigenvalue weighted by Crippen LogP contribution is -2.13. The zero-order valence-corrected chi connectivity index (χ0v) is 11.6. The van der Waals surface area contributed by atoms with E-state index in [9.17, 15) is 0 Å². The van der Waals surface area contributed by atoms with Crippen LogP contribution in [0.3, 0.4) is 0 Å². The minimum atomic E-state index is 0.608. The van der Waals surface area contributed by atoms with E-state index in [4.69, 9.17) is 0 Å². The van der Waals surface area contributed by atoms with Gasteiger partial charge < -0.3 is 10.6 Å². The first-order valence-electron chi connectivity index (χ1n) is 6.37. The van der Waals surface area contributed by atoms with Crippen molar-refractivity contribution in [2.24, 2.45) is 5.92 Å². The van der Waals surface area contributed by atoms with Crippen molar-refractivity contribution in [3.05, 3.63) is 11.4 Å². The second-order valence-electron chi connectivity index (χ2n) is 4.79. The van der Waals surface area contributed by atoms with Crippen LogP contribution >= 0.6 is 0 Å². The molecule has 96 valence electrons. The Labute approximate surface area is 104 Å². The predicted molar refractivity (Wildman–Crippen MR) is 73.6 cm³/mol. The van der Waals surface area contributed by atoms with Gasteiger partial charge in [-0.25, -0.2) is 9.97 Å². The van der Waals surface area contributed by atoms with Crippen LogP contribution in [0.1, 0.15) is 38.6 Å². The molecule has 0 bridgehead atoms. The summed E-state index contributed by atoms with van der Waals surface area (Å²) < 4.78 is 0. The van der Waals surface area contributed by atoms with E-state index >= 15 is 0 Å². The van der Waals surface area contributed by atoms with Crippen LogP contribution in [0, 0.1) is 19.8 Å². The van der Waals surface area contributed by atoms with Crippen LogP contribution in [-0.4, -0.2) is 23.1 Å². The van der Waals surface area contributed by atoms with Crippen molar-refractivity contribution in [3.8, 4) is 0 Å². The highest BCUT2D eigenvalue weighted by molar-refractivity contribution is 5.57. The summed E-state index contributed by atoms with van der Waals surface area (Å²) in [7, 11) is 0. The Balaban J connectivity index is 2.85. The highest BCUT2D eigenvalue weighted by Crippen LogP contribution is 2.19. The zero-order valence-electron chi connectivity index (χ0n) is 11.6. The molecule has 0 aliphatic rings. The lowest BCUT2D eigenvalue weighted by Gasteiger charge is -2.15. The van der Waals surface area contributed by atoms with Crippen molar-refractivity contribution in [1.29, 1.82) is 0 Å². The fourth-order valence-electron chi connectivity index (χ4n) is 1.52. The average molecular weight is 236 g/mol. The Hall–Kier alpha value is -1.32. The third-order valence-electron chi connectivity index (χ3n) is 2.48. The fraction of sp³-hybridized carbons (Fsp3) is 0.692. The molecule has 0 unspecified atom stereocenters. The first kappa shape index (κ1) is 13.7. The first-order valence-corrected chi connectivity index (χ1v) is 6.37. The molecule has 0 spiro atoms. The number of rotatable bonds is 6. The largest absolute Gasteiger partial charge is 0.370 e. The number of hydrogen-bond donors (Lipinski definition) is 2. The minimum absolute atomic E-state index is 0.608. The number of anilines is 2. The van der Waals surface area contributed by atoms with Gasteiger partial charge in [0.2, 0.25) is 0 Å². The van der Waals surface area contributed by atoms with Crippen LogP contribution in [0.2, 0.25) is 0 Å². The Kier molecular flexibility index (Phi) is 5.19. The van der Waals surface area contributed by atoms with Crippen LogP contribution in [-0.2, 0) is 0 Å². The molecule has 0 saturated carbocycles. The summed E-state index contributed by atoms with van der Waals surface area (Å²) in [5.74, 6) is 3.31. The van der Waals surface area contributed by atoms with E-state index < -0.39 is 0 Å². The van der Waals surface area contributed by atoms with Gasteiger partial charge in [-0.3, -0.25) is 0 Å². The maximum absolute atomic E-state index is 4.45. The SMILES string of the molecule is CCCNc1nc(C)nc(NCC(C)C)c1C. The smallest absolute Gasteiger partial charge is 0.134 e. The third-order valence-corrected chi connectivity index (χ3v) is 2.48. The molecule has 0 aliphatic heterocycles. The molecular formula is C13H24N4. The molecule has 4 nitrogen and oxygen atoms in total. The summed E-state index contributed by atoms with van der Waals surface area (Å²) in [4.78, 5) is 8.89. The third kappa shape index (κ3) is 4.21. The van der Waals surface area contributed by atoms with Gasteiger partial charge in [0.05, 0.1) is 0 Å². The molecule has 0 radical (unpaired) electrons. The second-order valence-corrected chi connectivity index (χ2v) is 4.79. The zero-order chi connectivity index (χ0) is 12.8. The second kappa shape index (κ2) is 6.42. The number of aromatic nitrogens is 2. The van der Waals surface area contributed by atoms with Gasteiger partial charge in [0, 0.05) is 18.7 Å².